The molecule has 0 atom stereocenters. The van der Waals surface area contributed by atoms with Crippen LogP contribution in [0, 0.1) is 11.3 Å². The Morgan fingerprint density at radius 1 is 1.20 bits per heavy atom. The number of nitriles is 1. The fourth-order valence-electron chi connectivity index (χ4n) is 2.08. The van der Waals surface area contributed by atoms with Gasteiger partial charge in [-0.25, -0.2) is 0 Å². The van der Waals surface area contributed by atoms with Crippen LogP contribution in [0.4, 0.5) is 0 Å². The van der Waals surface area contributed by atoms with Gasteiger partial charge in [0.05, 0.1) is 29.9 Å². The fourth-order valence-corrected chi connectivity index (χ4v) is 2.33. The number of hydrogen-bond donors (Lipinski definition) is 0. The highest BCUT2D eigenvalue weighted by atomic mass is 35.5. The van der Waals surface area contributed by atoms with E-state index >= 15 is 0 Å². The van der Waals surface area contributed by atoms with Crippen molar-refractivity contribution in [1.82, 2.24) is 0 Å². The first-order chi connectivity index (χ1) is 12.1. The van der Waals surface area contributed by atoms with Crippen LogP contribution in [0.3, 0.4) is 0 Å². The van der Waals surface area contributed by atoms with Gasteiger partial charge in [-0.1, -0.05) is 29.8 Å². The molecule has 2 aromatic carbocycles. The topological polar surface area (TPSA) is 68.5 Å². The molecule has 0 fully saturated rings. The van der Waals surface area contributed by atoms with Crippen molar-refractivity contribution >= 4 is 17.6 Å². The Morgan fingerprint density at radius 3 is 2.64 bits per heavy atom. The van der Waals surface area contributed by atoms with E-state index in [1.807, 2.05) is 36.4 Å². The molecule has 0 aromatic heterocycles. The molecule has 25 heavy (non-hydrogen) atoms. The lowest BCUT2D eigenvalue weighted by atomic mass is 10.2. The molecular formula is C19H18ClNO4. The Bertz CT molecular complexity index is 756. The number of halogens is 1. The molecule has 0 saturated carbocycles. The van der Waals surface area contributed by atoms with Crippen LogP contribution in [-0.4, -0.2) is 19.2 Å². The molecule has 0 amide bonds. The predicted molar refractivity (Wildman–Crippen MR) is 94.1 cm³/mol. The molecule has 0 heterocycles. The van der Waals surface area contributed by atoms with Crippen LogP contribution in [0.5, 0.6) is 17.2 Å². The average Bonchev–Trinajstić information content (AvgIpc) is 2.62. The number of ether oxygens (including phenoxy) is 3. The summed E-state index contributed by atoms with van der Waals surface area (Å²) >= 11 is 6.10. The van der Waals surface area contributed by atoms with Crippen molar-refractivity contribution in [1.29, 1.82) is 5.26 Å². The first-order valence-corrected chi connectivity index (χ1v) is 8.26. The Kier molecular flexibility index (Phi) is 7.12. The zero-order valence-electron chi connectivity index (χ0n) is 13.8. The summed E-state index contributed by atoms with van der Waals surface area (Å²) in [5.74, 6) is 0.728. The minimum Gasteiger partial charge on any atom is -0.494 e. The quantitative estimate of drug-likeness (QED) is 0.397. The lowest BCUT2D eigenvalue weighted by Gasteiger charge is -2.12. The highest BCUT2D eigenvalue weighted by molar-refractivity contribution is 6.32. The highest BCUT2D eigenvalue weighted by Crippen LogP contribution is 2.36. The van der Waals surface area contributed by atoms with E-state index in [1.54, 1.807) is 6.92 Å². The normalized spacial score (nSPS) is 9.96. The number of benzene rings is 2. The van der Waals surface area contributed by atoms with Gasteiger partial charge in [0.15, 0.2) is 11.5 Å². The van der Waals surface area contributed by atoms with Gasteiger partial charge >= 0.3 is 5.97 Å². The molecule has 5 nitrogen and oxygen atoms in total. The van der Waals surface area contributed by atoms with E-state index in [0.29, 0.717) is 25.2 Å². The molecule has 0 aliphatic heterocycles. The number of rotatable bonds is 8. The van der Waals surface area contributed by atoms with Gasteiger partial charge in [-0.3, -0.25) is 4.79 Å². The molecule has 2 aromatic rings. The van der Waals surface area contributed by atoms with Crippen molar-refractivity contribution in [3.8, 4) is 23.3 Å². The Hall–Kier alpha value is -2.71. The van der Waals surface area contributed by atoms with E-state index < -0.39 is 5.97 Å². The first kappa shape index (κ1) is 18.6. The summed E-state index contributed by atoms with van der Waals surface area (Å²) in [6, 6.07) is 14.3. The summed E-state index contributed by atoms with van der Waals surface area (Å²) in [6.45, 7) is 2.55. The summed E-state index contributed by atoms with van der Waals surface area (Å²) in [5, 5.41) is 9.14. The lowest BCUT2D eigenvalue weighted by Crippen LogP contribution is -2.11. The van der Waals surface area contributed by atoms with Crippen molar-refractivity contribution < 1.29 is 19.0 Å². The molecule has 6 heteroatoms. The minimum absolute atomic E-state index is 0.136. The van der Waals surface area contributed by atoms with Gasteiger partial charge in [0, 0.05) is 12.5 Å². The van der Waals surface area contributed by atoms with Gasteiger partial charge in [-0.05, 0) is 31.5 Å². The maximum absolute atomic E-state index is 12.0. The maximum atomic E-state index is 12.0. The smallest absolute Gasteiger partial charge is 0.311 e. The van der Waals surface area contributed by atoms with Crippen LogP contribution < -0.4 is 14.2 Å². The maximum Gasteiger partial charge on any atom is 0.311 e. The summed E-state index contributed by atoms with van der Waals surface area (Å²) < 4.78 is 16.3. The minimum atomic E-state index is -0.441. The van der Waals surface area contributed by atoms with Gasteiger partial charge in [0.2, 0.25) is 0 Å². The number of esters is 1. The van der Waals surface area contributed by atoms with Crippen LogP contribution in [0.15, 0.2) is 42.5 Å². The van der Waals surface area contributed by atoms with Crippen molar-refractivity contribution in [3.63, 3.8) is 0 Å². The van der Waals surface area contributed by atoms with E-state index in [1.165, 1.54) is 12.1 Å². The Balaban J connectivity index is 1.90. The first-order valence-electron chi connectivity index (χ1n) is 7.89. The third-order valence-corrected chi connectivity index (χ3v) is 3.47. The molecule has 2 rings (SSSR count). The van der Waals surface area contributed by atoms with Crippen molar-refractivity contribution in [3.05, 3.63) is 53.1 Å². The van der Waals surface area contributed by atoms with E-state index in [2.05, 4.69) is 0 Å². The molecule has 130 valence electrons. The van der Waals surface area contributed by atoms with Crippen LogP contribution in [0.2, 0.25) is 5.02 Å². The Morgan fingerprint density at radius 2 is 1.96 bits per heavy atom. The molecule has 0 unspecified atom stereocenters. The molecule has 0 aliphatic carbocycles. The van der Waals surface area contributed by atoms with Crippen molar-refractivity contribution in [2.75, 3.05) is 13.2 Å². The van der Waals surface area contributed by atoms with E-state index in [0.717, 1.165) is 5.75 Å². The summed E-state index contributed by atoms with van der Waals surface area (Å²) in [6.07, 6.45) is 0.681. The molecule has 0 aliphatic rings. The summed E-state index contributed by atoms with van der Waals surface area (Å²) in [7, 11) is 0. The van der Waals surface area contributed by atoms with Crippen LogP contribution >= 0.6 is 11.6 Å². The number of nitrogens with zero attached hydrogens (tertiary/aromatic N) is 1. The van der Waals surface area contributed by atoms with Crippen LogP contribution in [0.25, 0.3) is 0 Å². The number of carbonyl (C=O) groups excluding carboxylic acids is 1. The van der Waals surface area contributed by atoms with E-state index in [-0.39, 0.29) is 22.9 Å². The second kappa shape index (κ2) is 9.55. The van der Waals surface area contributed by atoms with Gasteiger partial charge in [0.1, 0.15) is 5.75 Å². The van der Waals surface area contributed by atoms with Crippen LogP contribution in [-0.2, 0) is 4.79 Å². The van der Waals surface area contributed by atoms with Gasteiger partial charge < -0.3 is 14.2 Å². The average molecular weight is 360 g/mol. The SMILES string of the molecule is CCOc1cc(C#N)cc(Cl)c1OC(=O)CCCOc1ccccc1. The largest absolute Gasteiger partial charge is 0.494 e. The zero-order chi connectivity index (χ0) is 18.1. The van der Waals surface area contributed by atoms with Crippen molar-refractivity contribution in [2.24, 2.45) is 0 Å². The second-order valence-electron chi connectivity index (χ2n) is 5.07. The molecule has 0 N–H and O–H groups in total. The second-order valence-corrected chi connectivity index (χ2v) is 5.48. The number of hydrogen-bond acceptors (Lipinski definition) is 5. The standard InChI is InChI=1S/C19H18ClNO4/c1-2-23-17-12-14(13-21)11-16(20)19(17)25-18(22)9-6-10-24-15-7-4-3-5-8-15/h3-5,7-8,11-12H,2,6,9-10H2,1H3. The predicted octanol–water partition coefficient (Wildman–Crippen LogP) is 4.37. The molecule has 0 bridgehead atoms. The van der Waals surface area contributed by atoms with Gasteiger partial charge in [-0.2, -0.15) is 5.26 Å². The number of para-hydroxylation sites is 1. The summed E-state index contributed by atoms with van der Waals surface area (Å²) in [4.78, 5) is 12.0. The van der Waals surface area contributed by atoms with Gasteiger partial charge in [-0.15, -0.1) is 0 Å². The third kappa shape index (κ3) is 5.70. The van der Waals surface area contributed by atoms with Crippen molar-refractivity contribution in [2.45, 2.75) is 19.8 Å². The zero-order valence-corrected chi connectivity index (χ0v) is 14.6. The van der Waals surface area contributed by atoms with E-state index in [4.69, 9.17) is 31.1 Å². The Labute approximate surface area is 151 Å². The fraction of sp³-hybridized carbons (Fsp3) is 0.263. The third-order valence-electron chi connectivity index (χ3n) is 3.19. The highest BCUT2D eigenvalue weighted by Gasteiger charge is 2.16. The van der Waals surface area contributed by atoms with Crippen LogP contribution in [0.1, 0.15) is 25.3 Å². The number of carbonyl (C=O) groups is 1. The monoisotopic (exact) mass is 359 g/mol. The molecule has 0 saturated heterocycles. The lowest BCUT2D eigenvalue weighted by molar-refractivity contribution is -0.134. The summed E-state index contributed by atoms with van der Waals surface area (Å²) in [5.41, 5.74) is 0.338. The molecule has 0 radical (unpaired) electrons. The van der Waals surface area contributed by atoms with Gasteiger partial charge in [0.25, 0.3) is 0 Å². The van der Waals surface area contributed by atoms with E-state index in [9.17, 15) is 4.79 Å². The molecule has 0 spiro atoms. The molecular weight excluding hydrogens is 342 g/mol.